The Bertz CT molecular complexity index is 1040. The molecule has 1 heterocycles. The third-order valence-corrected chi connectivity index (χ3v) is 4.93. The van der Waals surface area contributed by atoms with E-state index in [2.05, 4.69) is 15.9 Å². The molecule has 0 saturated heterocycles. The normalized spacial score (nSPS) is 12.7. The third-order valence-electron chi connectivity index (χ3n) is 4.44. The zero-order valence-corrected chi connectivity index (χ0v) is 17.5. The highest BCUT2D eigenvalue weighted by molar-refractivity contribution is 9.10. The second-order valence-electron chi connectivity index (χ2n) is 6.52. The van der Waals surface area contributed by atoms with E-state index in [1.807, 2.05) is 0 Å². The van der Waals surface area contributed by atoms with Crippen LogP contribution in [-0.2, 0) is 9.53 Å². The molecule has 9 nitrogen and oxygen atoms in total. The van der Waals surface area contributed by atoms with Crippen molar-refractivity contribution in [2.24, 2.45) is 0 Å². The minimum Gasteiger partial charge on any atom is -0.482 e. The van der Waals surface area contributed by atoms with Gasteiger partial charge in [0.15, 0.2) is 6.61 Å². The molecule has 2 amide bonds. The number of benzene rings is 2. The second kappa shape index (κ2) is 9.04. The van der Waals surface area contributed by atoms with E-state index in [0.29, 0.717) is 26.9 Å². The summed E-state index contributed by atoms with van der Waals surface area (Å²) in [5, 5.41) is 10.7. The fourth-order valence-corrected chi connectivity index (χ4v) is 3.32. The summed E-state index contributed by atoms with van der Waals surface area (Å²) >= 11 is 3.28. The van der Waals surface area contributed by atoms with Gasteiger partial charge in [-0.15, -0.1) is 0 Å². The Morgan fingerprint density at radius 2 is 1.87 bits per heavy atom. The number of halogens is 1. The number of ether oxygens (including phenoxy) is 2. The van der Waals surface area contributed by atoms with Gasteiger partial charge in [-0.2, -0.15) is 0 Å². The first-order valence-electron chi connectivity index (χ1n) is 8.97. The Morgan fingerprint density at radius 3 is 2.57 bits per heavy atom. The number of nitrogens with zero attached hydrogens (tertiary/aromatic N) is 2. The summed E-state index contributed by atoms with van der Waals surface area (Å²) in [6.07, 6.45) is 0.287. The number of esters is 1. The number of amides is 2. The first-order valence-corrected chi connectivity index (χ1v) is 9.76. The lowest BCUT2D eigenvalue weighted by molar-refractivity contribution is -0.384. The summed E-state index contributed by atoms with van der Waals surface area (Å²) in [6, 6.07) is 8.95. The molecule has 1 aliphatic heterocycles. The standard InChI is InChI=1S/C20H17BrN2O7/c1-12-9-14(23(27)28)4-6-17(12)30-11-18(24)29-8-2-7-22-19(25)15-5-3-13(21)10-16(15)20(22)26/h3-6,9-10H,2,7-8,11H2,1H3. The molecule has 0 radical (unpaired) electrons. The van der Waals surface area contributed by atoms with Crippen LogP contribution in [0.5, 0.6) is 5.75 Å². The van der Waals surface area contributed by atoms with Crippen LogP contribution in [0.25, 0.3) is 0 Å². The van der Waals surface area contributed by atoms with Crippen molar-refractivity contribution in [2.45, 2.75) is 13.3 Å². The zero-order chi connectivity index (χ0) is 21.8. The molecule has 156 valence electrons. The van der Waals surface area contributed by atoms with Crippen molar-refractivity contribution in [2.75, 3.05) is 19.8 Å². The van der Waals surface area contributed by atoms with E-state index in [9.17, 15) is 24.5 Å². The Morgan fingerprint density at radius 1 is 1.13 bits per heavy atom. The van der Waals surface area contributed by atoms with Crippen LogP contribution < -0.4 is 4.74 Å². The van der Waals surface area contributed by atoms with Crippen molar-refractivity contribution in [3.05, 3.63) is 67.7 Å². The number of rotatable bonds is 8. The van der Waals surface area contributed by atoms with Crippen molar-refractivity contribution in [1.29, 1.82) is 0 Å². The summed E-state index contributed by atoms with van der Waals surface area (Å²) in [6.45, 7) is 1.41. The molecule has 0 fully saturated rings. The molecule has 0 bridgehead atoms. The van der Waals surface area contributed by atoms with Crippen LogP contribution in [0.15, 0.2) is 40.9 Å². The van der Waals surface area contributed by atoms with E-state index >= 15 is 0 Å². The second-order valence-corrected chi connectivity index (χ2v) is 7.44. The molecule has 0 saturated carbocycles. The number of hydrogen-bond acceptors (Lipinski definition) is 7. The highest BCUT2D eigenvalue weighted by atomic mass is 79.9. The molecule has 0 N–H and O–H groups in total. The predicted molar refractivity (Wildman–Crippen MR) is 108 cm³/mol. The van der Waals surface area contributed by atoms with E-state index in [-0.39, 0.29) is 43.7 Å². The van der Waals surface area contributed by atoms with Crippen LogP contribution in [0.1, 0.15) is 32.7 Å². The first-order chi connectivity index (χ1) is 14.3. The van der Waals surface area contributed by atoms with Gasteiger partial charge in [-0.25, -0.2) is 4.79 Å². The fraction of sp³-hybridized carbons (Fsp3) is 0.250. The van der Waals surface area contributed by atoms with E-state index in [0.717, 1.165) is 4.90 Å². The van der Waals surface area contributed by atoms with Gasteiger partial charge >= 0.3 is 5.97 Å². The largest absolute Gasteiger partial charge is 0.482 e. The molecule has 1 aliphatic rings. The highest BCUT2D eigenvalue weighted by Crippen LogP contribution is 2.26. The summed E-state index contributed by atoms with van der Waals surface area (Å²) in [5.74, 6) is -1.03. The van der Waals surface area contributed by atoms with Gasteiger partial charge in [0.1, 0.15) is 5.75 Å². The smallest absolute Gasteiger partial charge is 0.344 e. The van der Waals surface area contributed by atoms with Gasteiger partial charge in [-0.05, 0) is 43.2 Å². The maximum atomic E-state index is 12.4. The van der Waals surface area contributed by atoms with Crippen molar-refractivity contribution in [1.82, 2.24) is 4.90 Å². The lowest BCUT2D eigenvalue weighted by Gasteiger charge is -2.14. The van der Waals surface area contributed by atoms with Gasteiger partial charge in [0.2, 0.25) is 0 Å². The zero-order valence-electron chi connectivity index (χ0n) is 15.9. The number of fused-ring (bicyclic) bond motifs is 1. The quantitative estimate of drug-likeness (QED) is 0.188. The lowest BCUT2D eigenvalue weighted by Crippen LogP contribution is -2.31. The molecule has 2 aromatic rings. The van der Waals surface area contributed by atoms with Crippen molar-refractivity contribution in [3.63, 3.8) is 0 Å². The van der Waals surface area contributed by atoms with Crippen LogP contribution in [0, 0.1) is 17.0 Å². The summed E-state index contributed by atoms with van der Waals surface area (Å²) in [4.78, 5) is 47.9. The summed E-state index contributed by atoms with van der Waals surface area (Å²) in [5.41, 5.74) is 1.16. The Hall–Kier alpha value is -3.27. The Balaban J connectivity index is 1.43. The van der Waals surface area contributed by atoms with Gasteiger partial charge in [0, 0.05) is 23.2 Å². The van der Waals surface area contributed by atoms with Crippen molar-refractivity contribution in [3.8, 4) is 5.75 Å². The van der Waals surface area contributed by atoms with Crippen LogP contribution in [-0.4, -0.2) is 47.4 Å². The topological polar surface area (TPSA) is 116 Å². The van der Waals surface area contributed by atoms with Crippen molar-refractivity contribution < 1.29 is 28.8 Å². The number of non-ortho nitro benzene ring substituents is 1. The maximum Gasteiger partial charge on any atom is 0.344 e. The molecule has 2 aromatic carbocycles. The number of nitro groups is 1. The van der Waals surface area contributed by atoms with Gasteiger partial charge in [0.05, 0.1) is 22.7 Å². The van der Waals surface area contributed by atoms with Gasteiger partial charge < -0.3 is 9.47 Å². The molecule has 30 heavy (non-hydrogen) atoms. The molecule has 3 rings (SSSR count). The predicted octanol–water partition coefficient (Wildman–Crippen LogP) is 3.27. The Labute approximate surface area is 179 Å². The first kappa shape index (κ1) is 21.4. The molecule has 0 aliphatic carbocycles. The minimum atomic E-state index is -0.626. The van der Waals surface area contributed by atoms with E-state index < -0.39 is 10.9 Å². The number of carbonyl (C=O) groups is 3. The van der Waals surface area contributed by atoms with Crippen LogP contribution in [0.4, 0.5) is 5.69 Å². The number of imide groups is 1. The lowest BCUT2D eigenvalue weighted by atomic mass is 10.1. The number of aryl methyl sites for hydroxylation is 1. The van der Waals surface area contributed by atoms with Gasteiger partial charge in [-0.3, -0.25) is 24.6 Å². The molecule has 0 spiro atoms. The average Bonchev–Trinajstić information content (AvgIpc) is 2.94. The maximum absolute atomic E-state index is 12.4. The van der Waals surface area contributed by atoms with E-state index in [1.54, 1.807) is 25.1 Å². The van der Waals surface area contributed by atoms with E-state index in [1.165, 1.54) is 18.2 Å². The van der Waals surface area contributed by atoms with E-state index in [4.69, 9.17) is 9.47 Å². The fourth-order valence-electron chi connectivity index (χ4n) is 2.96. The van der Waals surface area contributed by atoms with Gasteiger partial charge in [-0.1, -0.05) is 15.9 Å². The molecular formula is C20H17BrN2O7. The monoisotopic (exact) mass is 476 g/mol. The highest BCUT2D eigenvalue weighted by Gasteiger charge is 2.35. The molecule has 0 unspecified atom stereocenters. The average molecular weight is 477 g/mol. The number of carbonyl (C=O) groups excluding carboxylic acids is 3. The molecule has 10 heteroatoms. The number of nitro benzene ring substituents is 1. The molecular weight excluding hydrogens is 460 g/mol. The third kappa shape index (κ3) is 4.65. The van der Waals surface area contributed by atoms with Gasteiger partial charge in [0.25, 0.3) is 17.5 Å². The van der Waals surface area contributed by atoms with Crippen LogP contribution >= 0.6 is 15.9 Å². The van der Waals surface area contributed by atoms with Crippen molar-refractivity contribution >= 4 is 39.4 Å². The minimum absolute atomic E-state index is 0.0124. The molecule has 0 aromatic heterocycles. The van der Waals surface area contributed by atoms with Crippen LogP contribution in [0.2, 0.25) is 0 Å². The molecule has 0 atom stereocenters. The summed E-state index contributed by atoms with van der Waals surface area (Å²) in [7, 11) is 0. The SMILES string of the molecule is Cc1cc([N+](=O)[O-])ccc1OCC(=O)OCCCN1C(=O)c2ccc(Br)cc2C1=O. The Kier molecular flexibility index (Phi) is 6.46. The summed E-state index contributed by atoms with van der Waals surface area (Å²) < 4.78 is 11.1. The van der Waals surface area contributed by atoms with Crippen LogP contribution in [0.3, 0.4) is 0 Å². The number of hydrogen-bond donors (Lipinski definition) is 0.